The monoisotopic (exact) mass is 275 g/mol. The Bertz CT molecular complexity index is 664. The minimum Gasteiger partial charge on any atom is -0.329 e. The maximum absolute atomic E-state index is 12.0. The summed E-state index contributed by atoms with van der Waals surface area (Å²) < 4.78 is 1.42. The molecular weight excluding hydrogens is 254 g/mol. The van der Waals surface area contributed by atoms with Gasteiger partial charge < -0.3 is 5.73 Å². The van der Waals surface area contributed by atoms with E-state index in [-0.39, 0.29) is 11.0 Å². The first kappa shape index (κ1) is 13.3. The van der Waals surface area contributed by atoms with Crippen molar-refractivity contribution in [3.05, 3.63) is 27.9 Å². The van der Waals surface area contributed by atoms with E-state index in [0.29, 0.717) is 18.0 Å². The first-order valence-corrected chi connectivity index (χ1v) is 7.32. The molecular formula is C14H21N5O. The van der Waals surface area contributed by atoms with E-state index in [0.717, 1.165) is 31.5 Å². The van der Waals surface area contributed by atoms with Crippen molar-refractivity contribution >= 4 is 5.78 Å². The van der Waals surface area contributed by atoms with Crippen LogP contribution in [0.3, 0.4) is 0 Å². The lowest BCUT2D eigenvalue weighted by Crippen LogP contribution is -2.36. The van der Waals surface area contributed by atoms with E-state index in [2.05, 4.69) is 15.1 Å². The van der Waals surface area contributed by atoms with Crippen LogP contribution in [0.5, 0.6) is 0 Å². The molecule has 20 heavy (non-hydrogen) atoms. The maximum atomic E-state index is 12.0. The number of aromatic nitrogens is 4. The molecule has 0 unspecified atom stereocenters. The van der Waals surface area contributed by atoms with Gasteiger partial charge in [0.15, 0.2) is 0 Å². The standard InChI is InChI=1S/C14H21N5O/c1-10-8-11(20)19-13(16-10)17-12(18-19)14(9-15)6-4-2-3-5-7-14/h8H,2-7,9,15H2,1H3,(H,16,17,18). The SMILES string of the molecule is Cc1cc(=O)n2[nH]c(C3(CN)CCCCCC3)nc2n1. The molecule has 0 amide bonds. The summed E-state index contributed by atoms with van der Waals surface area (Å²) in [6.07, 6.45) is 6.87. The van der Waals surface area contributed by atoms with Gasteiger partial charge in [0.05, 0.1) is 0 Å². The van der Waals surface area contributed by atoms with Gasteiger partial charge in [0.25, 0.3) is 11.3 Å². The second-order valence-corrected chi connectivity index (χ2v) is 5.84. The largest absolute Gasteiger partial charge is 0.329 e. The number of nitrogens with one attached hydrogen (secondary N) is 1. The van der Waals surface area contributed by atoms with Crippen LogP contribution in [0.25, 0.3) is 5.78 Å². The third kappa shape index (κ3) is 2.14. The van der Waals surface area contributed by atoms with E-state index >= 15 is 0 Å². The zero-order valence-electron chi connectivity index (χ0n) is 11.9. The van der Waals surface area contributed by atoms with Crippen LogP contribution in [-0.4, -0.2) is 26.1 Å². The minimum atomic E-state index is -0.134. The minimum absolute atomic E-state index is 0.118. The first-order chi connectivity index (χ1) is 9.64. The molecule has 0 aromatic carbocycles. The number of rotatable bonds is 2. The predicted octanol–water partition coefficient (Wildman–Crippen LogP) is 1.28. The second-order valence-electron chi connectivity index (χ2n) is 5.84. The highest BCUT2D eigenvalue weighted by Gasteiger charge is 2.35. The molecule has 6 heteroatoms. The van der Waals surface area contributed by atoms with Crippen molar-refractivity contribution in [3.8, 4) is 0 Å². The lowest BCUT2D eigenvalue weighted by Gasteiger charge is -2.28. The Hall–Kier alpha value is -1.69. The van der Waals surface area contributed by atoms with Crippen LogP contribution in [-0.2, 0) is 5.41 Å². The molecule has 0 bridgehead atoms. The Labute approximate surface area is 117 Å². The number of aromatic amines is 1. The molecule has 6 nitrogen and oxygen atoms in total. The summed E-state index contributed by atoms with van der Waals surface area (Å²) in [5.41, 5.74) is 6.50. The highest BCUT2D eigenvalue weighted by atomic mass is 16.1. The molecule has 3 rings (SSSR count). The number of H-pyrrole nitrogens is 1. The third-order valence-electron chi connectivity index (χ3n) is 4.41. The van der Waals surface area contributed by atoms with Crippen LogP contribution in [0.15, 0.2) is 10.9 Å². The molecule has 0 radical (unpaired) electrons. The average molecular weight is 275 g/mol. The van der Waals surface area contributed by atoms with E-state index in [9.17, 15) is 4.79 Å². The number of aryl methyl sites for hydroxylation is 1. The number of hydrogen-bond acceptors (Lipinski definition) is 4. The van der Waals surface area contributed by atoms with E-state index < -0.39 is 0 Å². The summed E-state index contributed by atoms with van der Waals surface area (Å²) in [4.78, 5) is 20.9. The van der Waals surface area contributed by atoms with Gasteiger partial charge in [0, 0.05) is 23.7 Å². The number of hydrogen-bond donors (Lipinski definition) is 2. The molecule has 108 valence electrons. The fourth-order valence-corrected chi connectivity index (χ4v) is 3.17. The van der Waals surface area contributed by atoms with Crippen LogP contribution in [0, 0.1) is 6.92 Å². The Morgan fingerprint density at radius 3 is 2.65 bits per heavy atom. The topological polar surface area (TPSA) is 89.1 Å². The Balaban J connectivity index is 2.12. The van der Waals surface area contributed by atoms with Crippen LogP contribution < -0.4 is 11.3 Å². The van der Waals surface area contributed by atoms with E-state index in [1.54, 1.807) is 6.92 Å². The summed E-state index contributed by atoms with van der Waals surface area (Å²) in [5.74, 6) is 1.26. The van der Waals surface area contributed by atoms with Gasteiger partial charge in [-0.25, -0.2) is 4.98 Å². The predicted molar refractivity (Wildman–Crippen MR) is 76.8 cm³/mol. The number of nitrogens with two attached hydrogens (primary N) is 1. The van der Waals surface area contributed by atoms with Crippen LogP contribution in [0.1, 0.15) is 50.0 Å². The van der Waals surface area contributed by atoms with Gasteiger partial charge in [-0.3, -0.25) is 9.89 Å². The Morgan fingerprint density at radius 2 is 2.00 bits per heavy atom. The maximum Gasteiger partial charge on any atom is 0.274 e. The second kappa shape index (κ2) is 5.01. The van der Waals surface area contributed by atoms with Gasteiger partial charge in [0.1, 0.15) is 5.82 Å². The molecule has 1 fully saturated rings. The average Bonchev–Trinajstić information content (AvgIpc) is 2.71. The molecule has 1 aliphatic carbocycles. The molecule has 3 N–H and O–H groups in total. The van der Waals surface area contributed by atoms with Gasteiger partial charge in [-0.05, 0) is 19.8 Å². The van der Waals surface area contributed by atoms with E-state index in [4.69, 9.17) is 5.73 Å². The molecule has 0 atom stereocenters. The molecule has 0 aliphatic heterocycles. The molecule has 1 aliphatic rings. The summed E-state index contributed by atoms with van der Waals surface area (Å²) in [6, 6.07) is 1.51. The highest BCUT2D eigenvalue weighted by Crippen LogP contribution is 2.35. The Kier molecular flexibility index (Phi) is 3.33. The zero-order chi connectivity index (χ0) is 14.2. The normalized spacial score (nSPS) is 19.1. The van der Waals surface area contributed by atoms with Gasteiger partial charge in [-0.2, -0.15) is 9.50 Å². The van der Waals surface area contributed by atoms with Crippen molar-refractivity contribution in [2.24, 2.45) is 5.73 Å². The van der Waals surface area contributed by atoms with Crippen molar-refractivity contribution < 1.29 is 0 Å². The fourth-order valence-electron chi connectivity index (χ4n) is 3.17. The van der Waals surface area contributed by atoms with Crippen LogP contribution in [0.2, 0.25) is 0 Å². The van der Waals surface area contributed by atoms with Gasteiger partial charge >= 0.3 is 0 Å². The summed E-state index contributed by atoms with van der Waals surface area (Å²) in [7, 11) is 0. The molecule has 0 spiro atoms. The van der Waals surface area contributed by atoms with Gasteiger partial charge in [-0.1, -0.05) is 25.7 Å². The molecule has 0 saturated heterocycles. The van der Waals surface area contributed by atoms with Crippen LogP contribution >= 0.6 is 0 Å². The number of nitrogens with zero attached hydrogens (tertiary/aromatic N) is 3. The molecule has 2 aromatic rings. The van der Waals surface area contributed by atoms with E-state index in [1.807, 2.05) is 0 Å². The molecule has 2 aromatic heterocycles. The fraction of sp³-hybridized carbons (Fsp3) is 0.643. The quantitative estimate of drug-likeness (QED) is 0.808. The number of fused-ring (bicyclic) bond motifs is 1. The van der Waals surface area contributed by atoms with Crippen molar-refractivity contribution in [2.75, 3.05) is 6.54 Å². The van der Waals surface area contributed by atoms with Gasteiger partial charge in [-0.15, -0.1) is 0 Å². The molecule has 2 heterocycles. The zero-order valence-corrected chi connectivity index (χ0v) is 11.9. The summed E-state index contributed by atoms with van der Waals surface area (Å²) in [5, 5.41) is 3.13. The highest BCUT2D eigenvalue weighted by molar-refractivity contribution is 5.30. The van der Waals surface area contributed by atoms with E-state index in [1.165, 1.54) is 23.4 Å². The van der Waals surface area contributed by atoms with Crippen molar-refractivity contribution in [1.29, 1.82) is 0 Å². The summed E-state index contributed by atoms with van der Waals surface area (Å²) in [6.45, 7) is 2.36. The molecule has 1 saturated carbocycles. The third-order valence-corrected chi connectivity index (χ3v) is 4.41. The van der Waals surface area contributed by atoms with Crippen LogP contribution in [0.4, 0.5) is 0 Å². The van der Waals surface area contributed by atoms with Crippen molar-refractivity contribution in [1.82, 2.24) is 19.6 Å². The smallest absolute Gasteiger partial charge is 0.274 e. The van der Waals surface area contributed by atoms with Gasteiger partial charge in [0.2, 0.25) is 0 Å². The summed E-state index contributed by atoms with van der Waals surface area (Å²) >= 11 is 0. The lowest BCUT2D eigenvalue weighted by atomic mass is 9.80. The lowest BCUT2D eigenvalue weighted by molar-refractivity contribution is 0.359. The van der Waals surface area contributed by atoms with Crippen molar-refractivity contribution in [2.45, 2.75) is 50.9 Å². The first-order valence-electron chi connectivity index (χ1n) is 7.32. The Morgan fingerprint density at radius 1 is 1.30 bits per heavy atom. The van der Waals surface area contributed by atoms with Crippen molar-refractivity contribution in [3.63, 3.8) is 0 Å².